The first-order chi connectivity index (χ1) is 5.84. The molecule has 1 unspecified atom stereocenters. The molecule has 0 aromatic carbocycles. The summed E-state index contributed by atoms with van der Waals surface area (Å²) in [5.74, 6) is 0.591. The Labute approximate surface area is 73.5 Å². The van der Waals surface area contributed by atoms with E-state index in [2.05, 4.69) is 25.2 Å². The number of hydrogen-bond donors (Lipinski definition) is 1. The molecule has 0 aromatic heterocycles. The van der Waals surface area contributed by atoms with Gasteiger partial charge in [-0.05, 0) is 17.9 Å². The Hall–Kier alpha value is -0.600. The van der Waals surface area contributed by atoms with Crippen LogP contribution in [-0.4, -0.2) is 24.9 Å². The monoisotopic (exact) mass is 168 g/mol. The van der Waals surface area contributed by atoms with Gasteiger partial charge in [-0.2, -0.15) is 0 Å². The minimum absolute atomic E-state index is 0.109. The maximum Gasteiger partial charge on any atom is 0.0702 e. The lowest BCUT2D eigenvalue weighted by Gasteiger charge is -2.16. The quantitative estimate of drug-likeness (QED) is 0.645. The molecule has 0 spiro atoms. The van der Waals surface area contributed by atoms with E-state index in [0.717, 1.165) is 6.42 Å². The normalized spacial score (nSPS) is 22.5. The Morgan fingerprint density at radius 1 is 1.67 bits per heavy atom. The summed E-state index contributed by atoms with van der Waals surface area (Å²) in [6.45, 7) is 3.40. The van der Waals surface area contributed by atoms with Gasteiger partial charge in [0.1, 0.15) is 0 Å². The molecule has 0 heterocycles. The summed E-state index contributed by atoms with van der Waals surface area (Å²) in [6.07, 6.45) is 7.44. The van der Waals surface area contributed by atoms with Gasteiger partial charge in [-0.15, -0.1) is 0 Å². The number of aliphatic hydroxyl groups is 1. The van der Waals surface area contributed by atoms with E-state index in [1.165, 1.54) is 5.57 Å². The first-order valence-corrected chi connectivity index (χ1v) is 4.38. The number of ether oxygens (including phenoxy) is 1. The highest BCUT2D eigenvalue weighted by atomic mass is 16.5. The summed E-state index contributed by atoms with van der Waals surface area (Å²) >= 11 is 0. The van der Waals surface area contributed by atoms with Gasteiger partial charge < -0.3 is 9.84 Å². The Kier molecular flexibility index (Phi) is 4.05. The number of allylic oxidation sites excluding steroid dienone is 3. The van der Waals surface area contributed by atoms with Crippen LogP contribution in [0, 0.1) is 5.92 Å². The highest BCUT2D eigenvalue weighted by Crippen LogP contribution is 2.19. The van der Waals surface area contributed by atoms with Gasteiger partial charge in [-0.25, -0.2) is 0 Å². The second kappa shape index (κ2) is 5.12. The zero-order valence-corrected chi connectivity index (χ0v) is 7.49. The lowest BCUT2D eigenvalue weighted by molar-refractivity contribution is 0.104. The Morgan fingerprint density at radius 3 is 3.17 bits per heavy atom. The van der Waals surface area contributed by atoms with E-state index in [1.54, 1.807) is 0 Å². The highest BCUT2D eigenvalue weighted by Gasteiger charge is 2.08. The van der Waals surface area contributed by atoms with Crippen molar-refractivity contribution >= 4 is 0 Å². The van der Waals surface area contributed by atoms with E-state index in [0.29, 0.717) is 19.1 Å². The Morgan fingerprint density at radius 2 is 2.50 bits per heavy atom. The molecule has 0 bridgehead atoms. The second-order valence-electron chi connectivity index (χ2n) is 3.08. The third-order valence-corrected chi connectivity index (χ3v) is 2.07. The van der Waals surface area contributed by atoms with Crippen molar-refractivity contribution in [3.05, 3.63) is 23.8 Å². The molecule has 0 saturated heterocycles. The largest absolute Gasteiger partial charge is 0.394 e. The van der Waals surface area contributed by atoms with Gasteiger partial charge in [-0.3, -0.25) is 0 Å². The lowest BCUT2D eigenvalue weighted by atomic mass is 9.94. The molecule has 2 nitrogen and oxygen atoms in total. The second-order valence-corrected chi connectivity index (χ2v) is 3.08. The molecule has 0 aliphatic heterocycles. The summed E-state index contributed by atoms with van der Waals surface area (Å²) in [5.41, 5.74) is 1.32. The van der Waals surface area contributed by atoms with Gasteiger partial charge >= 0.3 is 0 Å². The van der Waals surface area contributed by atoms with Crippen LogP contribution in [0.5, 0.6) is 0 Å². The van der Waals surface area contributed by atoms with Crippen molar-refractivity contribution in [1.29, 1.82) is 0 Å². The fourth-order valence-corrected chi connectivity index (χ4v) is 1.23. The minimum Gasteiger partial charge on any atom is -0.394 e. The third kappa shape index (κ3) is 2.80. The average Bonchev–Trinajstić information content (AvgIpc) is 2.09. The molecule has 1 rings (SSSR count). The molecule has 0 amide bonds. The van der Waals surface area contributed by atoms with Crippen LogP contribution in [0.4, 0.5) is 0 Å². The molecule has 1 aliphatic carbocycles. The predicted octanol–water partition coefficient (Wildman–Crippen LogP) is 1.52. The number of rotatable bonds is 4. The van der Waals surface area contributed by atoms with Crippen molar-refractivity contribution in [3.63, 3.8) is 0 Å². The Bertz CT molecular complexity index is 182. The van der Waals surface area contributed by atoms with E-state index in [-0.39, 0.29) is 6.61 Å². The van der Waals surface area contributed by atoms with Gasteiger partial charge in [0.25, 0.3) is 0 Å². The average molecular weight is 168 g/mol. The smallest absolute Gasteiger partial charge is 0.0702 e. The fraction of sp³-hybridized carbons (Fsp3) is 0.600. The molecule has 12 heavy (non-hydrogen) atoms. The van der Waals surface area contributed by atoms with E-state index in [4.69, 9.17) is 9.84 Å². The van der Waals surface area contributed by atoms with Gasteiger partial charge in [0.05, 0.1) is 19.8 Å². The van der Waals surface area contributed by atoms with Gasteiger partial charge in [0.15, 0.2) is 0 Å². The first kappa shape index (κ1) is 9.49. The molecule has 0 fully saturated rings. The highest BCUT2D eigenvalue weighted by molar-refractivity contribution is 5.20. The van der Waals surface area contributed by atoms with Crippen LogP contribution in [0.2, 0.25) is 0 Å². The lowest BCUT2D eigenvalue weighted by Crippen LogP contribution is -2.10. The SMILES string of the molecule is CC1CC=CC=C1COCCO. The fourth-order valence-electron chi connectivity index (χ4n) is 1.23. The zero-order chi connectivity index (χ0) is 8.81. The van der Waals surface area contributed by atoms with Crippen molar-refractivity contribution in [2.75, 3.05) is 19.8 Å². The van der Waals surface area contributed by atoms with Gasteiger partial charge in [-0.1, -0.05) is 25.2 Å². The van der Waals surface area contributed by atoms with Crippen LogP contribution in [0.1, 0.15) is 13.3 Å². The van der Waals surface area contributed by atoms with Crippen molar-refractivity contribution in [3.8, 4) is 0 Å². The molecular weight excluding hydrogens is 152 g/mol. The maximum absolute atomic E-state index is 8.50. The van der Waals surface area contributed by atoms with Crippen LogP contribution in [0.15, 0.2) is 23.8 Å². The summed E-state index contributed by atoms with van der Waals surface area (Å²) < 4.78 is 5.24. The van der Waals surface area contributed by atoms with Crippen LogP contribution < -0.4 is 0 Å². The van der Waals surface area contributed by atoms with Crippen LogP contribution in [0.3, 0.4) is 0 Å². The molecule has 68 valence electrons. The number of aliphatic hydroxyl groups excluding tert-OH is 1. The topological polar surface area (TPSA) is 29.5 Å². The van der Waals surface area contributed by atoms with E-state index in [9.17, 15) is 0 Å². The summed E-state index contributed by atoms with van der Waals surface area (Å²) in [6, 6.07) is 0. The zero-order valence-electron chi connectivity index (χ0n) is 7.49. The molecule has 0 aromatic rings. The van der Waals surface area contributed by atoms with Crippen LogP contribution in [-0.2, 0) is 4.74 Å². The van der Waals surface area contributed by atoms with Crippen molar-refractivity contribution in [2.45, 2.75) is 13.3 Å². The third-order valence-electron chi connectivity index (χ3n) is 2.07. The number of hydrogen-bond acceptors (Lipinski definition) is 2. The predicted molar refractivity (Wildman–Crippen MR) is 48.9 cm³/mol. The van der Waals surface area contributed by atoms with E-state index < -0.39 is 0 Å². The van der Waals surface area contributed by atoms with Crippen LogP contribution in [0.25, 0.3) is 0 Å². The van der Waals surface area contributed by atoms with Gasteiger partial charge in [0.2, 0.25) is 0 Å². The molecular formula is C10H16O2. The molecule has 0 saturated carbocycles. The Balaban J connectivity index is 2.29. The maximum atomic E-state index is 8.50. The van der Waals surface area contributed by atoms with Crippen molar-refractivity contribution in [2.24, 2.45) is 5.92 Å². The van der Waals surface area contributed by atoms with E-state index >= 15 is 0 Å². The van der Waals surface area contributed by atoms with Crippen molar-refractivity contribution < 1.29 is 9.84 Å². The van der Waals surface area contributed by atoms with Crippen LogP contribution >= 0.6 is 0 Å². The molecule has 1 aliphatic rings. The standard InChI is InChI=1S/C10H16O2/c1-9-4-2-3-5-10(9)8-12-7-6-11/h2-3,5,9,11H,4,6-8H2,1H3. The summed E-state index contributed by atoms with van der Waals surface area (Å²) in [7, 11) is 0. The van der Waals surface area contributed by atoms with Gasteiger partial charge in [0, 0.05) is 0 Å². The molecule has 1 N–H and O–H groups in total. The van der Waals surface area contributed by atoms with Crippen molar-refractivity contribution in [1.82, 2.24) is 0 Å². The summed E-state index contributed by atoms with van der Waals surface area (Å²) in [5, 5.41) is 8.50. The molecule has 2 heteroatoms. The van der Waals surface area contributed by atoms with E-state index in [1.807, 2.05) is 0 Å². The molecule has 1 atom stereocenters. The minimum atomic E-state index is 0.109. The summed E-state index contributed by atoms with van der Waals surface area (Å²) in [4.78, 5) is 0. The molecule has 0 radical (unpaired) electrons. The first-order valence-electron chi connectivity index (χ1n) is 4.38.